The number of ether oxygens (including phenoxy) is 1. The summed E-state index contributed by atoms with van der Waals surface area (Å²) in [4.78, 5) is 22.7. The van der Waals surface area contributed by atoms with Crippen molar-refractivity contribution in [2.75, 3.05) is 13.7 Å². The quantitative estimate of drug-likeness (QED) is 0.614. The SMILES string of the molecule is CC[C@@H](COC)NC(=O)c1cnn(-c2ncc3c(n2)-c2ccccc2CCC3)c1C1CC1. The van der Waals surface area contributed by atoms with Crippen LogP contribution in [0.25, 0.3) is 17.2 Å². The maximum absolute atomic E-state index is 13.1. The number of fused-ring (bicyclic) bond motifs is 3. The molecular weight excluding hydrogens is 402 g/mol. The molecule has 166 valence electrons. The Balaban J connectivity index is 1.53. The standard InChI is InChI=1S/C25H29N5O2/c1-3-19(15-32-2)28-24(31)21-14-27-30(23(21)17-11-12-17)25-26-13-18-9-6-8-16-7-4-5-10-20(16)22(18)29-25/h4-5,7,10,13-14,17,19H,3,6,8-9,11-12,15H2,1-2H3,(H,28,31)/t19-/m0/s1. The van der Waals surface area contributed by atoms with E-state index in [2.05, 4.69) is 39.7 Å². The Labute approximate surface area is 188 Å². The molecule has 0 saturated heterocycles. The number of nitrogens with zero attached hydrogens (tertiary/aromatic N) is 4. The van der Waals surface area contributed by atoms with Gasteiger partial charge in [-0.25, -0.2) is 14.6 Å². The van der Waals surface area contributed by atoms with E-state index in [0.29, 0.717) is 24.0 Å². The smallest absolute Gasteiger partial charge is 0.255 e. The average molecular weight is 432 g/mol. The molecular formula is C25H29N5O2. The van der Waals surface area contributed by atoms with Crippen LogP contribution in [0, 0.1) is 0 Å². The Hall–Kier alpha value is -3.06. The highest BCUT2D eigenvalue weighted by Crippen LogP contribution is 2.42. The first-order chi connectivity index (χ1) is 15.7. The summed E-state index contributed by atoms with van der Waals surface area (Å²) in [5.74, 6) is 0.739. The maximum Gasteiger partial charge on any atom is 0.255 e. The number of benzene rings is 1. The number of methoxy groups -OCH3 is 1. The van der Waals surface area contributed by atoms with Gasteiger partial charge in [-0.15, -0.1) is 0 Å². The van der Waals surface area contributed by atoms with Gasteiger partial charge in [0.15, 0.2) is 0 Å². The van der Waals surface area contributed by atoms with Gasteiger partial charge >= 0.3 is 0 Å². The fraction of sp³-hybridized carbons (Fsp3) is 0.440. The van der Waals surface area contributed by atoms with E-state index in [-0.39, 0.29) is 11.9 Å². The topological polar surface area (TPSA) is 81.9 Å². The number of hydrogen-bond acceptors (Lipinski definition) is 5. The number of hydrogen-bond donors (Lipinski definition) is 1. The summed E-state index contributed by atoms with van der Waals surface area (Å²) < 4.78 is 7.01. The number of amides is 1. The second-order valence-electron chi connectivity index (χ2n) is 8.72. The molecule has 1 fully saturated rings. The van der Waals surface area contributed by atoms with E-state index in [0.717, 1.165) is 49.9 Å². The fourth-order valence-corrected chi connectivity index (χ4v) is 4.52. The van der Waals surface area contributed by atoms with Crippen LogP contribution in [0.2, 0.25) is 0 Å². The van der Waals surface area contributed by atoms with Crippen molar-refractivity contribution in [3.63, 3.8) is 0 Å². The second kappa shape index (κ2) is 8.82. The molecule has 0 bridgehead atoms. The van der Waals surface area contributed by atoms with Crippen molar-refractivity contribution in [1.82, 2.24) is 25.1 Å². The predicted octanol–water partition coefficient (Wildman–Crippen LogP) is 3.85. The zero-order chi connectivity index (χ0) is 22.1. The van der Waals surface area contributed by atoms with Gasteiger partial charge in [-0.1, -0.05) is 31.2 Å². The summed E-state index contributed by atoms with van der Waals surface area (Å²) in [7, 11) is 1.65. The first-order valence-corrected chi connectivity index (χ1v) is 11.5. The molecule has 2 aliphatic carbocycles. The van der Waals surface area contributed by atoms with E-state index in [9.17, 15) is 4.79 Å². The Morgan fingerprint density at radius 1 is 1.22 bits per heavy atom. The normalized spacial score (nSPS) is 16.1. The molecule has 1 aromatic carbocycles. The van der Waals surface area contributed by atoms with E-state index in [1.54, 1.807) is 18.0 Å². The molecule has 0 unspecified atom stereocenters. The van der Waals surface area contributed by atoms with Gasteiger partial charge < -0.3 is 10.1 Å². The van der Waals surface area contributed by atoms with Crippen molar-refractivity contribution >= 4 is 5.91 Å². The van der Waals surface area contributed by atoms with Crippen LogP contribution in [0.5, 0.6) is 0 Å². The number of aromatic nitrogens is 4. The molecule has 1 N–H and O–H groups in total. The van der Waals surface area contributed by atoms with Crippen LogP contribution < -0.4 is 5.32 Å². The lowest BCUT2D eigenvalue weighted by Gasteiger charge is -2.16. The van der Waals surface area contributed by atoms with Crippen LogP contribution >= 0.6 is 0 Å². The van der Waals surface area contributed by atoms with Crippen molar-refractivity contribution in [2.24, 2.45) is 0 Å². The number of rotatable bonds is 7. The van der Waals surface area contributed by atoms with Crippen LogP contribution in [0.15, 0.2) is 36.7 Å². The fourth-order valence-electron chi connectivity index (χ4n) is 4.52. The Morgan fingerprint density at radius 3 is 2.81 bits per heavy atom. The monoisotopic (exact) mass is 431 g/mol. The minimum atomic E-state index is -0.109. The minimum absolute atomic E-state index is 0.0249. The van der Waals surface area contributed by atoms with E-state index in [1.165, 1.54) is 16.7 Å². The molecule has 2 heterocycles. The summed E-state index contributed by atoms with van der Waals surface area (Å²) in [6.07, 6.45) is 9.59. The van der Waals surface area contributed by atoms with Gasteiger partial charge in [0.1, 0.15) is 0 Å². The third kappa shape index (κ3) is 3.93. The first kappa shape index (κ1) is 20.8. The van der Waals surface area contributed by atoms with Gasteiger partial charge in [0.05, 0.1) is 35.8 Å². The average Bonchev–Trinajstić information content (AvgIpc) is 3.59. The van der Waals surface area contributed by atoms with Gasteiger partial charge in [0.25, 0.3) is 11.9 Å². The van der Waals surface area contributed by atoms with Crippen LogP contribution in [-0.2, 0) is 17.6 Å². The molecule has 2 aliphatic rings. The van der Waals surface area contributed by atoms with Crippen LogP contribution in [0.1, 0.15) is 65.7 Å². The third-order valence-electron chi connectivity index (χ3n) is 6.42. The molecule has 1 amide bonds. The highest BCUT2D eigenvalue weighted by Gasteiger charge is 2.34. The molecule has 7 nitrogen and oxygen atoms in total. The lowest BCUT2D eigenvalue weighted by Crippen LogP contribution is -2.37. The van der Waals surface area contributed by atoms with E-state index in [4.69, 9.17) is 9.72 Å². The highest BCUT2D eigenvalue weighted by molar-refractivity contribution is 5.95. The van der Waals surface area contributed by atoms with Gasteiger partial charge in [-0.3, -0.25) is 4.79 Å². The van der Waals surface area contributed by atoms with Crippen LogP contribution in [0.4, 0.5) is 0 Å². The molecule has 0 aliphatic heterocycles. The van der Waals surface area contributed by atoms with E-state index >= 15 is 0 Å². The number of aryl methyl sites for hydroxylation is 2. The summed E-state index contributed by atoms with van der Waals surface area (Å²) in [5.41, 5.74) is 6.17. The molecule has 2 aromatic heterocycles. The minimum Gasteiger partial charge on any atom is -0.383 e. The molecule has 5 rings (SSSR count). The molecule has 3 aromatic rings. The lowest BCUT2D eigenvalue weighted by atomic mass is 10.0. The van der Waals surface area contributed by atoms with Crippen molar-refractivity contribution in [1.29, 1.82) is 0 Å². The van der Waals surface area contributed by atoms with E-state index in [1.807, 2.05) is 13.1 Å². The number of carbonyl (C=O) groups excluding carboxylic acids is 1. The summed E-state index contributed by atoms with van der Waals surface area (Å²) in [5, 5.41) is 7.66. The molecule has 0 spiro atoms. The zero-order valence-corrected chi connectivity index (χ0v) is 18.7. The first-order valence-electron chi connectivity index (χ1n) is 11.5. The van der Waals surface area contributed by atoms with Crippen LogP contribution in [0.3, 0.4) is 0 Å². The highest BCUT2D eigenvalue weighted by atomic mass is 16.5. The third-order valence-corrected chi connectivity index (χ3v) is 6.42. The summed E-state index contributed by atoms with van der Waals surface area (Å²) >= 11 is 0. The molecule has 0 radical (unpaired) electrons. The Morgan fingerprint density at radius 2 is 2.03 bits per heavy atom. The molecule has 7 heteroatoms. The van der Waals surface area contributed by atoms with Crippen molar-refractivity contribution in [2.45, 2.75) is 57.4 Å². The molecule has 1 saturated carbocycles. The molecule has 32 heavy (non-hydrogen) atoms. The Kier molecular flexibility index (Phi) is 5.74. The van der Waals surface area contributed by atoms with Gasteiger partial charge in [0.2, 0.25) is 0 Å². The van der Waals surface area contributed by atoms with Crippen LogP contribution in [-0.4, -0.2) is 45.4 Å². The Bertz CT molecular complexity index is 1140. The van der Waals surface area contributed by atoms with Crippen molar-refractivity contribution in [3.8, 4) is 17.2 Å². The van der Waals surface area contributed by atoms with Crippen molar-refractivity contribution in [3.05, 3.63) is 59.0 Å². The summed E-state index contributed by atoms with van der Waals surface area (Å²) in [6, 6.07) is 8.44. The predicted molar refractivity (Wildman–Crippen MR) is 122 cm³/mol. The van der Waals surface area contributed by atoms with Crippen molar-refractivity contribution < 1.29 is 9.53 Å². The zero-order valence-electron chi connectivity index (χ0n) is 18.7. The van der Waals surface area contributed by atoms with Gasteiger partial charge in [-0.2, -0.15) is 5.10 Å². The number of carbonyl (C=O) groups is 1. The lowest BCUT2D eigenvalue weighted by molar-refractivity contribution is 0.0893. The maximum atomic E-state index is 13.1. The van der Waals surface area contributed by atoms with E-state index < -0.39 is 0 Å². The van der Waals surface area contributed by atoms with Gasteiger partial charge in [0, 0.05) is 24.8 Å². The van der Waals surface area contributed by atoms with Gasteiger partial charge in [-0.05, 0) is 49.7 Å². The largest absolute Gasteiger partial charge is 0.383 e. The number of nitrogens with one attached hydrogen (secondary N) is 1. The summed E-state index contributed by atoms with van der Waals surface area (Å²) in [6.45, 7) is 2.53. The molecule has 1 atom stereocenters. The second-order valence-corrected chi connectivity index (χ2v) is 8.72.